The average molecular weight is 245 g/mol. The normalized spacial score (nSPS) is 28.3. The number of hydrogen-bond acceptors (Lipinski definition) is 1. The van der Waals surface area contributed by atoms with E-state index in [-0.39, 0.29) is 0 Å². The quantitative estimate of drug-likeness (QED) is 0.854. The molecule has 1 heteroatoms. The second kappa shape index (κ2) is 6.38. The fourth-order valence-electron chi connectivity index (χ4n) is 3.38. The number of hydrogen-bond donors (Lipinski definition) is 1. The van der Waals surface area contributed by atoms with Crippen LogP contribution in [0.4, 0.5) is 0 Å². The van der Waals surface area contributed by atoms with Crippen molar-refractivity contribution in [1.29, 1.82) is 0 Å². The lowest BCUT2D eigenvalue weighted by atomic mass is 9.71. The molecule has 1 saturated carbocycles. The van der Waals surface area contributed by atoms with Crippen LogP contribution in [0.3, 0.4) is 0 Å². The molecule has 1 aromatic carbocycles. The molecule has 1 aromatic rings. The molecule has 0 saturated heterocycles. The summed E-state index contributed by atoms with van der Waals surface area (Å²) in [7, 11) is 0. The fraction of sp³-hybridized carbons (Fsp3) is 0.647. The van der Waals surface area contributed by atoms with Gasteiger partial charge in [0.05, 0.1) is 0 Å². The fourth-order valence-corrected chi connectivity index (χ4v) is 3.38. The Balaban J connectivity index is 2.02. The molecule has 3 unspecified atom stereocenters. The van der Waals surface area contributed by atoms with Crippen molar-refractivity contribution >= 4 is 0 Å². The molecule has 0 bridgehead atoms. The number of benzene rings is 1. The predicted octanol–water partition coefficient (Wildman–Crippen LogP) is 3.94. The molecule has 0 aromatic heterocycles. The molecule has 2 N–H and O–H groups in total. The third kappa shape index (κ3) is 3.35. The summed E-state index contributed by atoms with van der Waals surface area (Å²) < 4.78 is 0. The molecule has 0 amide bonds. The van der Waals surface area contributed by atoms with Gasteiger partial charge in [0, 0.05) is 0 Å². The zero-order valence-corrected chi connectivity index (χ0v) is 11.9. The van der Waals surface area contributed by atoms with Gasteiger partial charge in [-0.25, -0.2) is 0 Å². The van der Waals surface area contributed by atoms with E-state index >= 15 is 0 Å². The van der Waals surface area contributed by atoms with Crippen LogP contribution in [0.15, 0.2) is 24.3 Å². The smallest absolute Gasteiger partial charge is 0.00461 e. The molecular weight excluding hydrogens is 218 g/mol. The van der Waals surface area contributed by atoms with E-state index in [4.69, 9.17) is 5.73 Å². The molecule has 2 rings (SSSR count). The third-order valence-electron chi connectivity index (χ3n) is 4.75. The van der Waals surface area contributed by atoms with E-state index in [0.29, 0.717) is 0 Å². The van der Waals surface area contributed by atoms with Crippen LogP contribution in [0.5, 0.6) is 0 Å². The van der Waals surface area contributed by atoms with Crippen molar-refractivity contribution in [2.45, 2.75) is 46.0 Å². The maximum atomic E-state index is 5.96. The maximum Gasteiger partial charge on any atom is -0.00461 e. The van der Waals surface area contributed by atoms with Crippen molar-refractivity contribution in [3.05, 3.63) is 35.4 Å². The summed E-state index contributed by atoms with van der Waals surface area (Å²) >= 11 is 0. The molecule has 0 heterocycles. The highest BCUT2D eigenvalue weighted by Gasteiger charge is 2.28. The zero-order valence-electron chi connectivity index (χ0n) is 11.9. The minimum absolute atomic E-state index is 0.745. The van der Waals surface area contributed by atoms with Crippen molar-refractivity contribution in [3.8, 4) is 0 Å². The van der Waals surface area contributed by atoms with Gasteiger partial charge < -0.3 is 5.73 Å². The molecule has 1 nitrogen and oxygen atoms in total. The first-order valence-corrected chi connectivity index (χ1v) is 7.48. The van der Waals surface area contributed by atoms with Gasteiger partial charge in [-0.05, 0) is 56.0 Å². The Bertz CT molecular complexity index is 354. The number of nitrogens with two attached hydrogens (primary N) is 1. The molecule has 1 aliphatic carbocycles. The van der Waals surface area contributed by atoms with Crippen molar-refractivity contribution < 1.29 is 0 Å². The Hall–Kier alpha value is -0.820. The molecule has 0 spiro atoms. The molecule has 100 valence electrons. The Labute approximate surface area is 112 Å². The average Bonchev–Trinajstić information content (AvgIpc) is 2.41. The van der Waals surface area contributed by atoms with Gasteiger partial charge >= 0.3 is 0 Å². The van der Waals surface area contributed by atoms with Crippen molar-refractivity contribution in [2.24, 2.45) is 23.5 Å². The summed E-state index contributed by atoms with van der Waals surface area (Å²) in [4.78, 5) is 0. The topological polar surface area (TPSA) is 26.0 Å². The molecule has 1 fully saturated rings. The summed E-state index contributed by atoms with van der Waals surface area (Å²) in [5.41, 5.74) is 8.80. The van der Waals surface area contributed by atoms with E-state index < -0.39 is 0 Å². The first-order chi connectivity index (χ1) is 8.72. The van der Waals surface area contributed by atoms with Gasteiger partial charge in [0.2, 0.25) is 0 Å². The summed E-state index contributed by atoms with van der Waals surface area (Å²) in [6.45, 7) is 5.35. The van der Waals surface area contributed by atoms with E-state index in [9.17, 15) is 0 Å². The van der Waals surface area contributed by atoms with E-state index in [0.717, 1.165) is 24.3 Å². The van der Waals surface area contributed by atoms with E-state index in [1.54, 1.807) is 0 Å². The second-order valence-electron chi connectivity index (χ2n) is 6.03. The van der Waals surface area contributed by atoms with E-state index in [1.165, 1.54) is 43.2 Å². The molecule has 1 aliphatic rings. The lowest BCUT2D eigenvalue weighted by molar-refractivity contribution is 0.180. The van der Waals surface area contributed by atoms with Crippen molar-refractivity contribution in [3.63, 3.8) is 0 Å². The third-order valence-corrected chi connectivity index (χ3v) is 4.75. The Morgan fingerprint density at radius 1 is 1.11 bits per heavy atom. The lowest BCUT2D eigenvalue weighted by Gasteiger charge is -2.35. The van der Waals surface area contributed by atoms with Crippen LogP contribution >= 0.6 is 0 Å². The largest absolute Gasteiger partial charge is 0.330 e. The highest BCUT2D eigenvalue weighted by molar-refractivity contribution is 5.21. The van der Waals surface area contributed by atoms with Gasteiger partial charge in [-0.2, -0.15) is 0 Å². The highest BCUT2D eigenvalue weighted by Crippen LogP contribution is 2.36. The molecule has 0 radical (unpaired) electrons. The van der Waals surface area contributed by atoms with Gasteiger partial charge in [0.25, 0.3) is 0 Å². The van der Waals surface area contributed by atoms with Crippen molar-refractivity contribution in [1.82, 2.24) is 0 Å². The predicted molar refractivity (Wildman–Crippen MR) is 78.5 cm³/mol. The first kappa shape index (κ1) is 13.6. The number of rotatable bonds is 4. The second-order valence-corrected chi connectivity index (χ2v) is 6.03. The van der Waals surface area contributed by atoms with Gasteiger partial charge in [-0.1, -0.05) is 49.6 Å². The summed E-state index contributed by atoms with van der Waals surface area (Å²) in [5.74, 6) is 2.48. The Morgan fingerprint density at radius 3 is 2.44 bits per heavy atom. The van der Waals surface area contributed by atoms with Gasteiger partial charge in [0.1, 0.15) is 0 Å². The monoisotopic (exact) mass is 245 g/mol. The molecule has 18 heavy (non-hydrogen) atoms. The van der Waals surface area contributed by atoms with Gasteiger partial charge in [-0.3, -0.25) is 0 Å². The first-order valence-electron chi connectivity index (χ1n) is 7.48. The van der Waals surface area contributed by atoms with Crippen LogP contribution in [-0.4, -0.2) is 6.54 Å². The van der Waals surface area contributed by atoms with Crippen LogP contribution in [0.2, 0.25) is 0 Å². The molecule has 0 aliphatic heterocycles. The van der Waals surface area contributed by atoms with E-state index in [2.05, 4.69) is 38.1 Å². The van der Waals surface area contributed by atoms with E-state index in [1.807, 2.05) is 0 Å². The molecular formula is C17H27N. The summed E-state index contributed by atoms with van der Waals surface area (Å²) in [6.07, 6.45) is 6.67. The number of aryl methyl sites for hydroxylation is 1. The standard InChI is InChI=1S/C17H27N/c1-3-14-8-9-16(12-18)17(10-14)11-15-6-4-13(2)5-7-15/h4-7,14,16-17H,3,8-12,18H2,1-2H3. The van der Waals surface area contributed by atoms with Crippen molar-refractivity contribution in [2.75, 3.05) is 6.54 Å². The molecule has 3 atom stereocenters. The summed E-state index contributed by atoms with van der Waals surface area (Å²) in [6, 6.07) is 9.04. The highest BCUT2D eigenvalue weighted by atomic mass is 14.6. The Morgan fingerprint density at radius 2 is 1.83 bits per heavy atom. The van der Waals surface area contributed by atoms with Crippen LogP contribution in [0.1, 0.15) is 43.7 Å². The maximum absolute atomic E-state index is 5.96. The minimum atomic E-state index is 0.745. The minimum Gasteiger partial charge on any atom is -0.330 e. The van der Waals surface area contributed by atoms with Gasteiger partial charge in [-0.15, -0.1) is 0 Å². The van der Waals surface area contributed by atoms with Gasteiger partial charge in [0.15, 0.2) is 0 Å². The Kier molecular flexibility index (Phi) is 4.82. The SMILES string of the molecule is CCC1CCC(CN)C(Cc2ccc(C)cc2)C1. The van der Waals surface area contributed by atoms with Crippen LogP contribution in [0.25, 0.3) is 0 Å². The van der Waals surface area contributed by atoms with Crippen LogP contribution in [-0.2, 0) is 6.42 Å². The summed E-state index contributed by atoms with van der Waals surface area (Å²) in [5, 5.41) is 0. The lowest BCUT2D eigenvalue weighted by Crippen LogP contribution is -2.31. The van der Waals surface area contributed by atoms with Crippen LogP contribution in [0, 0.1) is 24.7 Å². The zero-order chi connectivity index (χ0) is 13.0. The van der Waals surface area contributed by atoms with Crippen LogP contribution < -0.4 is 5.73 Å².